The molecule has 1 heterocycles. The van der Waals surface area contributed by atoms with Gasteiger partial charge in [-0.15, -0.1) is 0 Å². The lowest BCUT2D eigenvalue weighted by molar-refractivity contribution is -0.139. The van der Waals surface area contributed by atoms with Gasteiger partial charge in [-0.25, -0.2) is 0 Å². The van der Waals surface area contributed by atoms with Crippen molar-refractivity contribution in [3.05, 3.63) is 35.9 Å². The van der Waals surface area contributed by atoms with E-state index >= 15 is 0 Å². The van der Waals surface area contributed by atoms with Gasteiger partial charge in [-0.2, -0.15) is 0 Å². The van der Waals surface area contributed by atoms with E-state index in [2.05, 4.69) is 5.16 Å². The molecule has 2 rings (SSSR count). The second kappa shape index (κ2) is 4.13. The highest BCUT2D eigenvalue weighted by atomic mass is 16.6. The lowest BCUT2D eigenvalue weighted by atomic mass is 10.0. The average Bonchev–Trinajstić information content (AvgIpc) is 2.67. The Labute approximate surface area is 87.2 Å². The van der Waals surface area contributed by atoms with Gasteiger partial charge < -0.3 is 9.94 Å². The number of carboxylic acid groups (broad SMARTS) is 1. The summed E-state index contributed by atoms with van der Waals surface area (Å²) in [5.74, 6) is -0.857. The molecule has 1 aromatic rings. The molecule has 78 valence electrons. The maximum absolute atomic E-state index is 10.5. The molecule has 0 aromatic heterocycles. The van der Waals surface area contributed by atoms with Gasteiger partial charge in [0.15, 0.2) is 0 Å². The van der Waals surface area contributed by atoms with Crippen molar-refractivity contribution in [2.75, 3.05) is 0 Å². The van der Waals surface area contributed by atoms with Gasteiger partial charge in [-0.3, -0.25) is 4.79 Å². The summed E-state index contributed by atoms with van der Waals surface area (Å²) in [6.07, 6.45) is 0.244. The van der Waals surface area contributed by atoms with Crippen LogP contribution in [-0.2, 0) is 9.63 Å². The van der Waals surface area contributed by atoms with E-state index in [1.165, 1.54) is 0 Å². The summed E-state index contributed by atoms with van der Waals surface area (Å²) in [7, 11) is 0. The third-order valence-corrected chi connectivity index (χ3v) is 2.24. The van der Waals surface area contributed by atoms with Crippen LogP contribution in [0, 0.1) is 0 Å². The third kappa shape index (κ3) is 2.34. The topological polar surface area (TPSA) is 58.9 Å². The van der Waals surface area contributed by atoms with Gasteiger partial charge in [-0.1, -0.05) is 35.5 Å². The molecule has 4 heteroatoms. The van der Waals surface area contributed by atoms with E-state index in [-0.39, 0.29) is 12.5 Å². The Balaban J connectivity index is 2.01. The van der Waals surface area contributed by atoms with Crippen LogP contribution in [0.4, 0.5) is 0 Å². The number of benzene rings is 1. The van der Waals surface area contributed by atoms with Crippen LogP contribution in [0.3, 0.4) is 0 Å². The number of hydrogen-bond donors (Lipinski definition) is 1. The summed E-state index contributed by atoms with van der Waals surface area (Å²) < 4.78 is 0. The fourth-order valence-corrected chi connectivity index (χ4v) is 1.53. The Morgan fingerprint density at radius 1 is 1.47 bits per heavy atom. The van der Waals surface area contributed by atoms with Crippen molar-refractivity contribution in [3.63, 3.8) is 0 Å². The highest BCUT2D eigenvalue weighted by Gasteiger charge is 2.24. The molecule has 1 aliphatic heterocycles. The molecule has 0 saturated heterocycles. The number of hydrogen-bond acceptors (Lipinski definition) is 3. The van der Waals surface area contributed by atoms with Crippen LogP contribution in [0.1, 0.15) is 18.4 Å². The van der Waals surface area contributed by atoms with Crippen molar-refractivity contribution in [3.8, 4) is 0 Å². The molecular formula is C11H11NO3. The molecule has 1 N–H and O–H groups in total. The Morgan fingerprint density at radius 2 is 2.20 bits per heavy atom. The molecular weight excluding hydrogens is 194 g/mol. The highest BCUT2D eigenvalue weighted by Crippen LogP contribution is 2.18. The predicted molar refractivity (Wildman–Crippen MR) is 54.7 cm³/mol. The van der Waals surface area contributed by atoms with Gasteiger partial charge in [0.05, 0.1) is 12.1 Å². The average molecular weight is 205 g/mol. The lowest BCUT2D eigenvalue weighted by Gasteiger charge is -2.02. The Kier molecular flexibility index (Phi) is 2.67. The number of aliphatic carboxylic acids is 1. The number of rotatable bonds is 3. The summed E-state index contributed by atoms with van der Waals surface area (Å²) in [5.41, 5.74) is 1.81. The van der Waals surface area contributed by atoms with Crippen LogP contribution in [0.2, 0.25) is 0 Å². The second-order valence-electron chi connectivity index (χ2n) is 3.43. The first-order valence-electron chi connectivity index (χ1n) is 4.75. The minimum atomic E-state index is -0.857. The van der Waals surface area contributed by atoms with E-state index in [9.17, 15) is 4.79 Å². The molecule has 0 bridgehead atoms. The fraction of sp³-hybridized carbons (Fsp3) is 0.273. The first-order chi connectivity index (χ1) is 7.25. The quantitative estimate of drug-likeness (QED) is 0.816. The Morgan fingerprint density at radius 3 is 2.87 bits per heavy atom. The Hall–Kier alpha value is -1.84. The van der Waals surface area contributed by atoms with Crippen LogP contribution < -0.4 is 0 Å². The molecule has 0 unspecified atom stereocenters. The van der Waals surface area contributed by atoms with Gasteiger partial charge in [0, 0.05) is 6.42 Å². The Bertz CT molecular complexity index is 386. The third-order valence-electron chi connectivity index (χ3n) is 2.24. The molecule has 0 amide bonds. The summed E-state index contributed by atoms with van der Waals surface area (Å²) >= 11 is 0. The second-order valence-corrected chi connectivity index (χ2v) is 3.43. The zero-order valence-corrected chi connectivity index (χ0v) is 8.09. The van der Waals surface area contributed by atoms with Gasteiger partial charge >= 0.3 is 5.97 Å². The van der Waals surface area contributed by atoms with Gasteiger partial charge in [0.2, 0.25) is 0 Å². The summed E-state index contributed by atoms with van der Waals surface area (Å²) in [4.78, 5) is 15.5. The fourth-order valence-electron chi connectivity index (χ4n) is 1.53. The van der Waals surface area contributed by atoms with E-state index in [4.69, 9.17) is 9.94 Å². The first kappa shape index (κ1) is 9.71. The number of oxime groups is 1. The van der Waals surface area contributed by atoms with Crippen molar-refractivity contribution in [2.24, 2.45) is 5.16 Å². The van der Waals surface area contributed by atoms with Crippen molar-refractivity contribution >= 4 is 11.7 Å². The van der Waals surface area contributed by atoms with E-state index in [0.29, 0.717) is 6.42 Å². The zero-order chi connectivity index (χ0) is 10.7. The van der Waals surface area contributed by atoms with E-state index in [1.54, 1.807) is 0 Å². The maximum atomic E-state index is 10.5. The molecule has 0 saturated carbocycles. The monoisotopic (exact) mass is 205 g/mol. The van der Waals surface area contributed by atoms with Crippen molar-refractivity contribution < 1.29 is 14.7 Å². The van der Waals surface area contributed by atoms with Crippen molar-refractivity contribution in [1.82, 2.24) is 0 Å². The normalized spacial score (nSPS) is 19.5. The van der Waals surface area contributed by atoms with Crippen LogP contribution in [0.25, 0.3) is 0 Å². The van der Waals surface area contributed by atoms with Crippen LogP contribution in [-0.4, -0.2) is 22.9 Å². The standard InChI is InChI=1S/C11H11NO3/c13-11(14)7-9-6-10(12-15-9)8-4-2-1-3-5-8/h1-5,9H,6-7H2,(H,13,14)/t9-/m0/s1. The zero-order valence-electron chi connectivity index (χ0n) is 8.09. The highest BCUT2D eigenvalue weighted by molar-refractivity contribution is 6.01. The van der Waals surface area contributed by atoms with E-state index in [0.717, 1.165) is 11.3 Å². The summed E-state index contributed by atoms with van der Waals surface area (Å²) in [6, 6.07) is 9.63. The van der Waals surface area contributed by atoms with Crippen molar-refractivity contribution in [1.29, 1.82) is 0 Å². The van der Waals surface area contributed by atoms with Crippen LogP contribution >= 0.6 is 0 Å². The molecule has 1 aromatic carbocycles. The summed E-state index contributed by atoms with van der Waals surface area (Å²) in [5, 5.41) is 12.5. The molecule has 0 radical (unpaired) electrons. The van der Waals surface area contributed by atoms with Crippen LogP contribution in [0.5, 0.6) is 0 Å². The number of carboxylic acids is 1. The maximum Gasteiger partial charge on any atom is 0.307 e. The van der Waals surface area contributed by atoms with E-state index in [1.807, 2.05) is 30.3 Å². The molecule has 1 aliphatic rings. The SMILES string of the molecule is O=C(O)C[C@@H]1CC(c2ccccc2)=NO1. The minimum absolute atomic E-state index is 0.000165. The molecule has 0 aliphatic carbocycles. The molecule has 15 heavy (non-hydrogen) atoms. The molecule has 0 spiro atoms. The molecule has 0 fully saturated rings. The van der Waals surface area contributed by atoms with Gasteiger partial charge in [-0.05, 0) is 5.56 Å². The lowest BCUT2D eigenvalue weighted by Crippen LogP contribution is -2.13. The number of nitrogens with zero attached hydrogens (tertiary/aromatic N) is 1. The van der Waals surface area contributed by atoms with Crippen LogP contribution in [0.15, 0.2) is 35.5 Å². The number of carbonyl (C=O) groups is 1. The van der Waals surface area contributed by atoms with E-state index < -0.39 is 5.97 Å². The van der Waals surface area contributed by atoms with Gasteiger partial charge in [0.25, 0.3) is 0 Å². The summed E-state index contributed by atoms with van der Waals surface area (Å²) in [6.45, 7) is 0. The first-order valence-corrected chi connectivity index (χ1v) is 4.75. The minimum Gasteiger partial charge on any atom is -0.481 e. The smallest absolute Gasteiger partial charge is 0.307 e. The molecule has 1 atom stereocenters. The molecule has 4 nitrogen and oxygen atoms in total. The largest absolute Gasteiger partial charge is 0.481 e. The van der Waals surface area contributed by atoms with Gasteiger partial charge in [0.1, 0.15) is 6.10 Å². The van der Waals surface area contributed by atoms with Crippen molar-refractivity contribution in [2.45, 2.75) is 18.9 Å². The predicted octanol–water partition coefficient (Wildman–Crippen LogP) is 1.65.